The summed E-state index contributed by atoms with van der Waals surface area (Å²) in [5, 5.41) is 12.0. The lowest BCUT2D eigenvalue weighted by molar-refractivity contribution is -0.116. The quantitative estimate of drug-likeness (QED) is 0.543. The van der Waals surface area contributed by atoms with E-state index in [1.807, 2.05) is 74.0 Å². The summed E-state index contributed by atoms with van der Waals surface area (Å²) >= 11 is 1.41. The minimum absolute atomic E-state index is 0.0748. The highest BCUT2D eigenvalue weighted by Gasteiger charge is 2.26. The summed E-state index contributed by atoms with van der Waals surface area (Å²) in [6.45, 7) is 4.04. The molecule has 8 heteroatoms. The normalized spacial score (nSPS) is 11.9. The first kappa shape index (κ1) is 21.7. The maximum absolute atomic E-state index is 12.9. The topological polar surface area (TPSA) is 78.3 Å². The Morgan fingerprint density at radius 1 is 0.967 bits per heavy atom. The number of ether oxygens (including phenoxy) is 2. The zero-order valence-electron chi connectivity index (χ0n) is 17.7. The fourth-order valence-corrected chi connectivity index (χ4v) is 3.90. The number of nitrogens with zero attached hydrogens (tertiary/aromatic N) is 3. The van der Waals surface area contributed by atoms with Crippen molar-refractivity contribution in [1.29, 1.82) is 0 Å². The van der Waals surface area contributed by atoms with Crippen LogP contribution >= 0.6 is 11.8 Å². The zero-order valence-corrected chi connectivity index (χ0v) is 18.6. The number of carbonyl (C=O) groups is 1. The number of hydrogen-bond donors (Lipinski definition) is 1. The Bertz CT molecular complexity index is 985. The first-order valence-electron chi connectivity index (χ1n) is 9.58. The second kappa shape index (κ2) is 9.67. The van der Waals surface area contributed by atoms with E-state index < -0.39 is 0 Å². The molecule has 1 N–H and O–H groups in total. The Morgan fingerprint density at radius 3 is 2.07 bits per heavy atom. The highest BCUT2D eigenvalue weighted by Crippen LogP contribution is 2.30. The van der Waals surface area contributed by atoms with Crippen LogP contribution < -0.4 is 14.8 Å². The van der Waals surface area contributed by atoms with Crippen molar-refractivity contribution in [2.45, 2.75) is 24.3 Å². The Hall–Kier alpha value is -3.00. The Labute approximate surface area is 180 Å². The molecule has 3 rings (SSSR count). The van der Waals surface area contributed by atoms with Gasteiger partial charge in [0, 0.05) is 18.3 Å². The van der Waals surface area contributed by atoms with E-state index in [2.05, 4.69) is 15.5 Å². The standard InChI is InChI=1S/C22H26N4O3S/c1-14(2)19(21(27)23-16-8-12-18(29-5)13-9-16)30-22-25-24-20(26(22)3)15-6-10-17(28-4)11-7-15/h6-14,19H,1-5H3,(H,23,27). The van der Waals surface area contributed by atoms with Crippen LogP contribution in [-0.4, -0.2) is 40.1 Å². The summed E-state index contributed by atoms with van der Waals surface area (Å²) in [5.74, 6) is 2.29. The lowest BCUT2D eigenvalue weighted by Crippen LogP contribution is -2.30. The molecule has 1 aromatic heterocycles. The third-order valence-electron chi connectivity index (χ3n) is 4.64. The molecular formula is C22H26N4O3S. The van der Waals surface area contributed by atoms with Crippen molar-refractivity contribution in [2.24, 2.45) is 13.0 Å². The molecule has 1 atom stereocenters. The van der Waals surface area contributed by atoms with Crippen molar-refractivity contribution in [3.63, 3.8) is 0 Å². The van der Waals surface area contributed by atoms with Gasteiger partial charge in [-0.25, -0.2) is 0 Å². The fourth-order valence-electron chi connectivity index (χ4n) is 2.90. The van der Waals surface area contributed by atoms with Gasteiger partial charge in [0.15, 0.2) is 11.0 Å². The van der Waals surface area contributed by atoms with E-state index in [0.717, 1.165) is 28.6 Å². The second-order valence-electron chi connectivity index (χ2n) is 7.09. The summed E-state index contributed by atoms with van der Waals surface area (Å²) in [6, 6.07) is 14.9. The van der Waals surface area contributed by atoms with Crippen molar-refractivity contribution < 1.29 is 14.3 Å². The third-order valence-corrected chi connectivity index (χ3v) is 6.22. The molecule has 2 aromatic carbocycles. The van der Waals surface area contributed by atoms with E-state index in [4.69, 9.17) is 9.47 Å². The number of amides is 1. The average molecular weight is 427 g/mol. The molecule has 0 saturated heterocycles. The highest BCUT2D eigenvalue weighted by molar-refractivity contribution is 8.00. The van der Waals surface area contributed by atoms with E-state index in [-0.39, 0.29) is 17.1 Å². The number of rotatable bonds is 8. The van der Waals surface area contributed by atoms with Crippen molar-refractivity contribution in [2.75, 3.05) is 19.5 Å². The molecule has 0 spiro atoms. The van der Waals surface area contributed by atoms with Gasteiger partial charge in [0.1, 0.15) is 11.5 Å². The van der Waals surface area contributed by atoms with Gasteiger partial charge in [0.2, 0.25) is 5.91 Å². The molecule has 3 aromatic rings. The van der Waals surface area contributed by atoms with Crippen LogP contribution in [0, 0.1) is 5.92 Å². The molecule has 1 unspecified atom stereocenters. The minimum atomic E-state index is -0.321. The largest absolute Gasteiger partial charge is 0.497 e. The number of hydrogen-bond acceptors (Lipinski definition) is 6. The summed E-state index contributed by atoms with van der Waals surface area (Å²) in [6.07, 6.45) is 0. The molecule has 158 valence electrons. The first-order chi connectivity index (χ1) is 14.4. The second-order valence-corrected chi connectivity index (χ2v) is 8.20. The molecule has 0 fully saturated rings. The molecular weight excluding hydrogens is 400 g/mol. The fraction of sp³-hybridized carbons (Fsp3) is 0.318. The predicted molar refractivity (Wildman–Crippen MR) is 119 cm³/mol. The molecule has 30 heavy (non-hydrogen) atoms. The average Bonchev–Trinajstić information content (AvgIpc) is 3.12. The van der Waals surface area contributed by atoms with E-state index in [9.17, 15) is 4.79 Å². The van der Waals surface area contributed by atoms with Crippen LogP contribution in [0.2, 0.25) is 0 Å². The number of thioether (sulfide) groups is 1. The summed E-state index contributed by atoms with van der Waals surface area (Å²) in [4.78, 5) is 12.9. The zero-order chi connectivity index (χ0) is 21.7. The number of carbonyl (C=O) groups excluding carboxylic acids is 1. The van der Waals surface area contributed by atoms with Crippen molar-refractivity contribution in [3.05, 3.63) is 48.5 Å². The van der Waals surface area contributed by atoms with Gasteiger partial charge in [-0.1, -0.05) is 25.6 Å². The molecule has 0 radical (unpaired) electrons. The highest BCUT2D eigenvalue weighted by atomic mass is 32.2. The van der Waals surface area contributed by atoms with E-state index in [0.29, 0.717) is 5.16 Å². The molecule has 0 saturated carbocycles. The molecule has 0 aliphatic rings. The molecule has 0 bridgehead atoms. The Morgan fingerprint density at radius 2 is 1.53 bits per heavy atom. The monoisotopic (exact) mass is 426 g/mol. The number of aromatic nitrogens is 3. The van der Waals surface area contributed by atoms with Gasteiger partial charge in [-0.15, -0.1) is 10.2 Å². The number of nitrogens with one attached hydrogen (secondary N) is 1. The van der Waals surface area contributed by atoms with Gasteiger partial charge in [0.05, 0.1) is 19.5 Å². The van der Waals surface area contributed by atoms with Crippen LogP contribution in [0.5, 0.6) is 11.5 Å². The molecule has 1 heterocycles. The lowest BCUT2D eigenvalue weighted by atomic mass is 10.1. The van der Waals surface area contributed by atoms with E-state index in [1.165, 1.54) is 11.8 Å². The molecule has 7 nitrogen and oxygen atoms in total. The molecule has 0 aliphatic carbocycles. The summed E-state index contributed by atoms with van der Waals surface area (Å²) in [7, 11) is 5.15. The summed E-state index contributed by atoms with van der Waals surface area (Å²) < 4.78 is 12.3. The summed E-state index contributed by atoms with van der Waals surface area (Å²) in [5.41, 5.74) is 1.66. The van der Waals surface area contributed by atoms with E-state index in [1.54, 1.807) is 14.2 Å². The number of methoxy groups -OCH3 is 2. The van der Waals surface area contributed by atoms with Gasteiger partial charge in [-0.3, -0.25) is 4.79 Å². The van der Waals surface area contributed by atoms with Crippen molar-refractivity contribution in [3.8, 4) is 22.9 Å². The van der Waals surface area contributed by atoms with Crippen LogP contribution in [0.3, 0.4) is 0 Å². The van der Waals surface area contributed by atoms with Gasteiger partial charge in [0.25, 0.3) is 0 Å². The molecule has 0 aliphatic heterocycles. The van der Waals surface area contributed by atoms with Gasteiger partial charge in [-0.05, 0) is 54.4 Å². The SMILES string of the molecule is COc1ccc(NC(=O)C(Sc2nnc(-c3ccc(OC)cc3)n2C)C(C)C)cc1. The van der Waals surface area contributed by atoms with Gasteiger partial charge >= 0.3 is 0 Å². The maximum Gasteiger partial charge on any atom is 0.238 e. The van der Waals surface area contributed by atoms with Crippen LogP contribution in [0.25, 0.3) is 11.4 Å². The Kier molecular flexibility index (Phi) is 6.99. The van der Waals surface area contributed by atoms with Gasteiger partial charge in [-0.2, -0.15) is 0 Å². The van der Waals surface area contributed by atoms with Crippen molar-refractivity contribution >= 4 is 23.4 Å². The number of anilines is 1. The minimum Gasteiger partial charge on any atom is -0.497 e. The Balaban J connectivity index is 1.75. The van der Waals surface area contributed by atoms with Crippen LogP contribution in [0.4, 0.5) is 5.69 Å². The maximum atomic E-state index is 12.9. The first-order valence-corrected chi connectivity index (χ1v) is 10.5. The van der Waals surface area contributed by atoms with Gasteiger partial charge < -0.3 is 19.4 Å². The molecule has 1 amide bonds. The van der Waals surface area contributed by atoms with Crippen LogP contribution in [0.15, 0.2) is 53.7 Å². The van der Waals surface area contributed by atoms with Crippen molar-refractivity contribution in [1.82, 2.24) is 14.8 Å². The lowest BCUT2D eigenvalue weighted by Gasteiger charge is -2.19. The van der Waals surface area contributed by atoms with Crippen LogP contribution in [-0.2, 0) is 11.8 Å². The number of benzene rings is 2. The van der Waals surface area contributed by atoms with Crippen LogP contribution in [0.1, 0.15) is 13.8 Å². The van der Waals surface area contributed by atoms with E-state index >= 15 is 0 Å². The smallest absolute Gasteiger partial charge is 0.238 e. The third kappa shape index (κ3) is 4.94. The predicted octanol–water partition coefficient (Wildman–Crippen LogP) is 4.25.